The molecule has 7 heteroatoms. The first kappa shape index (κ1) is 25.8. The predicted octanol–water partition coefficient (Wildman–Crippen LogP) is 4.88. The van der Waals surface area contributed by atoms with Crippen LogP contribution in [-0.4, -0.2) is 35.6 Å². The van der Waals surface area contributed by atoms with Crippen molar-refractivity contribution in [3.8, 4) is 11.5 Å². The topological polar surface area (TPSA) is 98.8 Å². The van der Waals surface area contributed by atoms with Crippen LogP contribution in [0.25, 0.3) is 0 Å². The quantitative estimate of drug-likeness (QED) is 0.363. The molecule has 0 aliphatic rings. The Balaban J connectivity index is 2.00. The largest absolute Gasteiger partial charge is 0.457 e. The van der Waals surface area contributed by atoms with Crippen LogP contribution in [0.4, 0.5) is 0 Å². The summed E-state index contributed by atoms with van der Waals surface area (Å²) in [6, 6.07) is 13.3. The van der Waals surface area contributed by atoms with Crippen LogP contribution in [0.5, 0.6) is 11.5 Å². The van der Waals surface area contributed by atoms with Gasteiger partial charge in [-0.1, -0.05) is 20.8 Å². The molecule has 33 heavy (non-hydrogen) atoms. The number of esters is 1. The number of carbonyl (C=O) groups is 4. The molecule has 1 amide bonds. The standard InChI is InChI=1S/C26H31NO6/c1-5-25(31)32-17-24(30)20-10-14-22(15-11-20)33-21-12-8-19(9-13-21)23(29)16-26(6-2,7-3)27-18(4)28/h8-15H,5-7,16-17H2,1-4H3,(H,27,28). The lowest BCUT2D eigenvalue weighted by Crippen LogP contribution is -2.48. The van der Waals surface area contributed by atoms with E-state index in [-0.39, 0.29) is 36.9 Å². The van der Waals surface area contributed by atoms with E-state index in [0.29, 0.717) is 35.5 Å². The maximum atomic E-state index is 12.8. The van der Waals surface area contributed by atoms with Gasteiger partial charge in [-0.25, -0.2) is 0 Å². The highest BCUT2D eigenvalue weighted by Gasteiger charge is 2.30. The zero-order chi connectivity index (χ0) is 24.4. The number of benzene rings is 2. The second-order valence-corrected chi connectivity index (χ2v) is 7.86. The molecule has 2 aromatic rings. The summed E-state index contributed by atoms with van der Waals surface area (Å²) in [5, 5.41) is 2.93. The minimum absolute atomic E-state index is 0.0503. The first-order valence-electron chi connectivity index (χ1n) is 11.1. The van der Waals surface area contributed by atoms with E-state index in [4.69, 9.17) is 9.47 Å². The van der Waals surface area contributed by atoms with E-state index in [0.717, 1.165) is 0 Å². The molecule has 0 fully saturated rings. The molecule has 0 heterocycles. The fourth-order valence-electron chi connectivity index (χ4n) is 3.39. The van der Waals surface area contributed by atoms with Crippen molar-refractivity contribution in [2.24, 2.45) is 0 Å². The number of Topliss-reactive ketones (excluding diaryl/α,β-unsaturated/α-hetero) is 2. The zero-order valence-electron chi connectivity index (χ0n) is 19.6. The Morgan fingerprint density at radius 1 is 0.788 bits per heavy atom. The number of rotatable bonds is 12. The molecule has 0 aliphatic carbocycles. The number of nitrogens with one attached hydrogen (secondary N) is 1. The molecule has 0 saturated heterocycles. The summed E-state index contributed by atoms with van der Waals surface area (Å²) in [6.45, 7) is 6.75. The Labute approximate surface area is 194 Å². The number of hydrogen-bond donors (Lipinski definition) is 1. The van der Waals surface area contributed by atoms with E-state index in [9.17, 15) is 19.2 Å². The Morgan fingerprint density at radius 2 is 1.27 bits per heavy atom. The molecule has 1 N–H and O–H groups in total. The number of hydrogen-bond acceptors (Lipinski definition) is 6. The van der Waals surface area contributed by atoms with Crippen molar-refractivity contribution in [1.82, 2.24) is 5.32 Å². The minimum Gasteiger partial charge on any atom is -0.457 e. The molecule has 0 aliphatic heterocycles. The summed E-state index contributed by atoms with van der Waals surface area (Å²) >= 11 is 0. The van der Waals surface area contributed by atoms with Crippen molar-refractivity contribution >= 4 is 23.4 Å². The lowest BCUT2D eigenvalue weighted by atomic mass is 9.85. The molecule has 2 rings (SSSR count). The number of ether oxygens (including phenoxy) is 2. The van der Waals surface area contributed by atoms with Crippen LogP contribution in [0.2, 0.25) is 0 Å². The van der Waals surface area contributed by atoms with E-state index >= 15 is 0 Å². The average Bonchev–Trinajstić information content (AvgIpc) is 2.82. The highest BCUT2D eigenvalue weighted by Crippen LogP contribution is 2.25. The van der Waals surface area contributed by atoms with Gasteiger partial charge in [-0.15, -0.1) is 0 Å². The molecule has 2 aromatic carbocycles. The summed E-state index contributed by atoms with van der Waals surface area (Å²) in [4.78, 5) is 47.6. The highest BCUT2D eigenvalue weighted by molar-refractivity contribution is 5.98. The van der Waals surface area contributed by atoms with Gasteiger partial charge in [0.2, 0.25) is 5.91 Å². The van der Waals surface area contributed by atoms with Crippen molar-refractivity contribution in [1.29, 1.82) is 0 Å². The van der Waals surface area contributed by atoms with Gasteiger partial charge in [-0.05, 0) is 61.4 Å². The zero-order valence-corrected chi connectivity index (χ0v) is 19.6. The fraction of sp³-hybridized carbons (Fsp3) is 0.385. The maximum Gasteiger partial charge on any atom is 0.305 e. The molecule has 0 bridgehead atoms. The van der Waals surface area contributed by atoms with Crippen molar-refractivity contribution in [2.75, 3.05) is 6.61 Å². The molecule has 0 atom stereocenters. The third kappa shape index (κ3) is 7.56. The van der Waals surface area contributed by atoms with Crippen LogP contribution < -0.4 is 10.1 Å². The van der Waals surface area contributed by atoms with Gasteiger partial charge in [-0.2, -0.15) is 0 Å². The van der Waals surface area contributed by atoms with Crippen molar-refractivity contribution in [3.63, 3.8) is 0 Å². The first-order chi connectivity index (χ1) is 15.7. The highest BCUT2D eigenvalue weighted by atomic mass is 16.5. The summed E-state index contributed by atoms with van der Waals surface area (Å²) in [5.41, 5.74) is 0.412. The molecule has 176 valence electrons. The molecule has 0 radical (unpaired) electrons. The fourth-order valence-corrected chi connectivity index (χ4v) is 3.39. The van der Waals surface area contributed by atoms with E-state index < -0.39 is 11.5 Å². The van der Waals surface area contributed by atoms with Crippen LogP contribution in [0.15, 0.2) is 48.5 Å². The Hall–Kier alpha value is -3.48. The Kier molecular flexibility index (Phi) is 9.33. The monoisotopic (exact) mass is 453 g/mol. The maximum absolute atomic E-state index is 12.8. The molecule has 0 aromatic heterocycles. The third-order valence-electron chi connectivity index (χ3n) is 5.53. The normalized spacial score (nSPS) is 10.9. The third-order valence-corrected chi connectivity index (χ3v) is 5.53. The van der Waals surface area contributed by atoms with E-state index in [1.54, 1.807) is 55.5 Å². The summed E-state index contributed by atoms with van der Waals surface area (Å²) in [5.74, 6) is 0.158. The predicted molar refractivity (Wildman–Crippen MR) is 125 cm³/mol. The SMILES string of the molecule is CCC(=O)OCC(=O)c1ccc(Oc2ccc(C(=O)CC(CC)(CC)NC(C)=O)cc2)cc1. The molecule has 0 unspecified atom stereocenters. The van der Waals surface area contributed by atoms with Crippen LogP contribution in [0, 0.1) is 0 Å². The molecular formula is C26H31NO6. The van der Waals surface area contributed by atoms with Crippen LogP contribution in [0.3, 0.4) is 0 Å². The van der Waals surface area contributed by atoms with Crippen molar-refractivity contribution in [3.05, 3.63) is 59.7 Å². The van der Waals surface area contributed by atoms with Crippen LogP contribution in [0.1, 0.15) is 74.1 Å². The molecule has 0 saturated carbocycles. The summed E-state index contributed by atoms with van der Waals surface area (Å²) in [7, 11) is 0. The average molecular weight is 454 g/mol. The van der Waals surface area contributed by atoms with Gasteiger partial charge >= 0.3 is 5.97 Å². The second-order valence-electron chi connectivity index (χ2n) is 7.86. The van der Waals surface area contributed by atoms with Crippen molar-refractivity contribution < 1.29 is 28.7 Å². The van der Waals surface area contributed by atoms with Crippen molar-refractivity contribution in [2.45, 2.75) is 58.9 Å². The van der Waals surface area contributed by atoms with Gasteiger partial charge in [0, 0.05) is 36.4 Å². The minimum atomic E-state index is -0.549. The second kappa shape index (κ2) is 11.9. The smallest absolute Gasteiger partial charge is 0.305 e. The van der Waals surface area contributed by atoms with E-state index in [1.807, 2.05) is 13.8 Å². The van der Waals surface area contributed by atoms with E-state index in [2.05, 4.69) is 5.32 Å². The summed E-state index contributed by atoms with van der Waals surface area (Å²) in [6.07, 6.45) is 1.77. The van der Waals surface area contributed by atoms with Gasteiger partial charge in [0.25, 0.3) is 0 Å². The lowest BCUT2D eigenvalue weighted by Gasteiger charge is -2.32. The summed E-state index contributed by atoms with van der Waals surface area (Å²) < 4.78 is 10.7. The van der Waals surface area contributed by atoms with Crippen LogP contribution >= 0.6 is 0 Å². The van der Waals surface area contributed by atoms with Crippen LogP contribution in [-0.2, 0) is 14.3 Å². The number of ketones is 2. The lowest BCUT2D eigenvalue weighted by molar-refractivity contribution is -0.142. The molecular weight excluding hydrogens is 422 g/mol. The molecule has 7 nitrogen and oxygen atoms in total. The van der Waals surface area contributed by atoms with Gasteiger partial charge in [0.15, 0.2) is 18.2 Å². The van der Waals surface area contributed by atoms with Gasteiger partial charge in [0.1, 0.15) is 11.5 Å². The Bertz CT molecular complexity index is 975. The molecule has 0 spiro atoms. The van der Waals surface area contributed by atoms with Gasteiger partial charge in [0.05, 0.1) is 0 Å². The number of carbonyl (C=O) groups excluding carboxylic acids is 4. The number of amides is 1. The van der Waals surface area contributed by atoms with E-state index in [1.165, 1.54) is 6.92 Å². The van der Waals surface area contributed by atoms with Gasteiger partial charge in [-0.3, -0.25) is 19.2 Å². The Morgan fingerprint density at radius 3 is 1.70 bits per heavy atom. The van der Waals surface area contributed by atoms with Gasteiger partial charge < -0.3 is 14.8 Å². The first-order valence-corrected chi connectivity index (χ1v) is 11.1.